The van der Waals surface area contributed by atoms with E-state index in [1.807, 2.05) is 24.3 Å². The first-order valence-electron chi connectivity index (χ1n) is 9.30. The molecule has 7 heteroatoms. The highest BCUT2D eigenvalue weighted by molar-refractivity contribution is 5.96. The zero-order chi connectivity index (χ0) is 21.4. The zero-order valence-electron chi connectivity index (χ0n) is 17.4. The van der Waals surface area contributed by atoms with E-state index in [0.29, 0.717) is 28.9 Å². The minimum Gasteiger partial charge on any atom is -0.493 e. The molecular formula is C22H27NO6. The standard InChI is InChI=1S/C22H27NO6/c1-6-14(2)15-7-9-17(10-8-15)23-20(24)13-29-22(25)16-11-18(26-3)21(28-5)19(12-16)27-4/h7-12,14H,6,13H2,1-5H3,(H,23,24)/t14-/m0/s1. The van der Waals surface area contributed by atoms with Gasteiger partial charge in [-0.2, -0.15) is 0 Å². The third-order valence-corrected chi connectivity index (χ3v) is 4.61. The van der Waals surface area contributed by atoms with Crippen molar-refractivity contribution in [2.75, 3.05) is 33.3 Å². The van der Waals surface area contributed by atoms with Gasteiger partial charge in [0.1, 0.15) is 0 Å². The van der Waals surface area contributed by atoms with E-state index in [0.717, 1.165) is 6.42 Å². The minimum absolute atomic E-state index is 0.185. The summed E-state index contributed by atoms with van der Waals surface area (Å²) in [6, 6.07) is 10.6. The molecule has 1 N–H and O–H groups in total. The predicted molar refractivity (Wildman–Crippen MR) is 110 cm³/mol. The number of hydrogen-bond donors (Lipinski definition) is 1. The van der Waals surface area contributed by atoms with E-state index in [-0.39, 0.29) is 5.56 Å². The highest BCUT2D eigenvalue weighted by Crippen LogP contribution is 2.38. The molecule has 0 heterocycles. The molecule has 0 unspecified atom stereocenters. The van der Waals surface area contributed by atoms with Crippen LogP contribution in [0.3, 0.4) is 0 Å². The van der Waals surface area contributed by atoms with E-state index in [2.05, 4.69) is 19.2 Å². The number of nitrogens with one attached hydrogen (secondary N) is 1. The number of carbonyl (C=O) groups excluding carboxylic acids is 2. The van der Waals surface area contributed by atoms with Crippen LogP contribution in [-0.4, -0.2) is 39.8 Å². The Morgan fingerprint density at radius 1 is 0.966 bits per heavy atom. The molecule has 0 aromatic heterocycles. The summed E-state index contributed by atoms with van der Waals surface area (Å²) >= 11 is 0. The van der Waals surface area contributed by atoms with Crippen molar-refractivity contribution in [2.45, 2.75) is 26.2 Å². The molecule has 0 bridgehead atoms. The molecule has 29 heavy (non-hydrogen) atoms. The Kier molecular flexibility index (Phi) is 7.88. The van der Waals surface area contributed by atoms with Crippen molar-refractivity contribution in [3.8, 4) is 17.2 Å². The summed E-state index contributed by atoms with van der Waals surface area (Å²) < 4.78 is 20.8. The predicted octanol–water partition coefficient (Wildman–Crippen LogP) is 4.02. The molecule has 0 saturated heterocycles. The molecular weight excluding hydrogens is 374 g/mol. The molecule has 2 aromatic rings. The van der Waals surface area contributed by atoms with E-state index in [1.54, 1.807) is 0 Å². The number of amides is 1. The molecule has 156 valence electrons. The maximum absolute atomic E-state index is 12.3. The number of hydrogen-bond acceptors (Lipinski definition) is 6. The Labute approximate surface area is 170 Å². The summed E-state index contributed by atoms with van der Waals surface area (Å²) in [7, 11) is 4.37. The number of carbonyl (C=O) groups is 2. The van der Waals surface area contributed by atoms with E-state index in [9.17, 15) is 9.59 Å². The smallest absolute Gasteiger partial charge is 0.338 e. The Hall–Kier alpha value is -3.22. The summed E-state index contributed by atoms with van der Waals surface area (Å²) in [5.41, 5.74) is 2.04. The average molecular weight is 401 g/mol. The molecule has 0 fully saturated rings. The van der Waals surface area contributed by atoms with E-state index >= 15 is 0 Å². The molecule has 1 amide bonds. The maximum atomic E-state index is 12.3. The third kappa shape index (κ3) is 5.63. The molecule has 0 spiro atoms. The lowest BCUT2D eigenvalue weighted by molar-refractivity contribution is -0.119. The van der Waals surface area contributed by atoms with Crippen LogP contribution in [0.1, 0.15) is 42.1 Å². The Balaban J connectivity index is 1.99. The van der Waals surface area contributed by atoms with Crippen LogP contribution >= 0.6 is 0 Å². The van der Waals surface area contributed by atoms with Gasteiger partial charge in [0.2, 0.25) is 5.75 Å². The Bertz CT molecular complexity index is 822. The van der Waals surface area contributed by atoms with Crippen LogP contribution < -0.4 is 19.5 Å². The highest BCUT2D eigenvalue weighted by atomic mass is 16.5. The lowest BCUT2D eigenvalue weighted by atomic mass is 9.99. The first-order chi connectivity index (χ1) is 13.9. The second-order valence-corrected chi connectivity index (χ2v) is 6.47. The van der Waals surface area contributed by atoms with Gasteiger partial charge in [-0.1, -0.05) is 26.0 Å². The summed E-state index contributed by atoms with van der Waals surface area (Å²) in [6.45, 7) is 3.86. The van der Waals surface area contributed by atoms with Gasteiger partial charge in [0.25, 0.3) is 5.91 Å². The van der Waals surface area contributed by atoms with Crippen LogP contribution in [0.4, 0.5) is 5.69 Å². The van der Waals surface area contributed by atoms with Crippen molar-refractivity contribution in [3.05, 3.63) is 47.5 Å². The van der Waals surface area contributed by atoms with Gasteiger partial charge >= 0.3 is 5.97 Å². The summed E-state index contributed by atoms with van der Waals surface area (Å²) in [5.74, 6) is 0.368. The summed E-state index contributed by atoms with van der Waals surface area (Å²) in [6.07, 6.45) is 1.04. The van der Waals surface area contributed by atoms with Crippen LogP contribution in [0.15, 0.2) is 36.4 Å². The van der Waals surface area contributed by atoms with Gasteiger partial charge in [-0.15, -0.1) is 0 Å². The number of rotatable bonds is 9. The van der Waals surface area contributed by atoms with Crippen molar-refractivity contribution in [1.82, 2.24) is 0 Å². The average Bonchev–Trinajstić information content (AvgIpc) is 2.76. The van der Waals surface area contributed by atoms with Crippen LogP contribution in [0.5, 0.6) is 17.2 Å². The van der Waals surface area contributed by atoms with Gasteiger partial charge in [-0.3, -0.25) is 4.79 Å². The second-order valence-electron chi connectivity index (χ2n) is 6.47. The van der Waals surface area contributed by atoms with E-state index in [1.165, 1.54) is 39.0 Å². The number of benzene rings is 2. The first kappa shape index (κ1) is 22.1. The molecule has 2 aromatic carbocycles. The van der Waals surface area contributed by atoms with Crippen LogP contribution in [0.2, 0.25) is 0 Å². The first-order valence-corrected chi connectivity index (χ1v) is 9.30. The molecule has 0 aliphatic heterocycles. The monoisotopic (exact) mass is 401 g/mol. The molecule has 0 saturated carbocycles. The van der Waals surface area contributed by atoms with E-state index in [4.69, 9.17) is 18.9 Å². The minimum atomic E-state index is -0.675. The Morgan fingerprint density at radius 3 is 2.03 bits per heavy atom. The zero-order valence-corrected chi connectivity index (χ0v) is 17.4. The number of methoxy groups -OCH3 is 3. The van der Waals surface area contributed by atoms with Crippen molar-refractivity contribution >= 4 is 17.6 Å². The third-order valence-electron chi connectivity index (χ3n) is 4.61. The SMILES string of the molecule is CC[C@H](C)c1ccc(NC(=O)COC(=O)c2cc(OC)c(OC)c(OC)c2)cc1. The van der Waals surface area contributed by atoms with Gasteiger partial charge < -0.3 is 24.3 Å². The Morgan fingerprint density at radius 2 is 1.55 bits per heavy atom. The molecule has 2 rings (SSSR count). The molecule has 0 aliphatic carbocycles. The van der Waals surface area contributed by atoms with E-state index < -0.39 is 18.5 Å². The fraction of sp³-hybridized carbons (Fsp3) is 0.364. The number of esters is 1. The number of ether oxygens (including phenoxy) is 4. The lowest BCUT2D eigenvalue weighted by Crippen LogP contribution is -2.21. The molecule has 0 aliphatic rings. The fourth-order valence-electron chi connectivity index (χ4n) is 2.74. The summed E-state index contributed by atoms with van der Waals surface area (Å²) in [5, 5.41) is 2.71. The molecule has 1 atom stereocenters. The normalized spacial score (nSPS) is 11.3. The second kappa shape index (κ2) is 10.4. The van der Waals surface area contributed by atoms with Gasteiger partial charge in [-0.25, -0.2) is 4.79 Å². The lowest BCUT2D eigenvalue weighted by Gasteiger charge is -2.14. The fourth-order valence-corrected chi connectivity index (χ4v) is 2.74. The van der Waals surface area contributed by atoms with Crippen molar-refractivity contribution in [2.24, 2.45) is 0 Å². The molecule has 0 radical (unpaired) electrons. The highest BCUT2D eigenvalue weighted by Gasteiger charge is 2.18. The molecule has 7 nitrogen and oxygen atoms in total. The van der Waals surface area contributed by atoms with Crippen LogP contribution in [-0.2, 0) is 9.53 Å². The maximum Gasteiger partial charge on any atom is 0.338 e. The van der Waals surface area contributed by atoms with Gasteiger partial charge in [0.15, 0.2) is 18.1 Å². The topological polar surface area (TPSA) is 83.1 Å². The largest absolute Gasteiger partial charge is 0.493 e. The summed E-state index contributed by atoms with van der Waals surface area (Å²) in [4.78, 5) is 24.4. The quantitative estimate of drug-likeness (QED) is 0.639. The van der Waals surface area contributed by atoms with Gasteiger partial charge in [-0.05, 0) is 42.2 Å². The van der Waals surface area contributed by atoms with Crippen LogP contribution in [0, 0.1) is 0 Å². The van der Waals surface area contributed by atoms with Crippen molar-refractivity contribution in [1.29, 1.82) is 0 Å². The van der Waals surface area contributed by atoms with Gasteiger partial charge in [0, 0.05) is 5.69 Å². The van der Waals surface area contributed by atoms with Crippen molar-refractivity contribution < 1.29 is 28.5 Å². The van der Waals surface area contributed by atoms with Gasteiger partial charge in [0.05, 0.1) is 26.9 Å². The van der Waals surface area contributed by atoms with Crippen molar-refractivity contribution in [3.63, 3.8) is 0 Å². The number of anilines is 1. The van der Waals surface area contributed by atoms with Crippen LogP contribution in [0.25, 0.3) is 0 Å².